The number of piperazine rings is 1. The summed E-state index contributed by atoms with van der Waals surface area (Å²) in [5, 5.41) is -0.0698. The van der Waals surface area contributed by atoms with Gasteiger partial charge in [-0.3, -0.25) is 4.79 Å². The fourth-order valence-corrected chi connectivity index (χ4v) is 3.38. The quantitative estimate of drug-likeness (QED) is 0.835. The van der Waals surface area contributed by atoms with Gasteiger partial charge in [-0.1, -0.05) is 0 Å². The molecule has 1 amide bonds. The predicted molar refractivity (Wildman–Crippen MR) is 90.3 cm³/mol. The molecule has 2 aromatic heterocycles. The first-order valence-electron chi connectivity index (χ1n) is 7.69. The highest BCUT2D eigenvalue weighted by Gasteiger charge is 2.26. The van der Waals surface area contributed by atoms with Crippen LogP contribution >= 0.6 is 11.8 Å². The van der Waals surface area contributed by atoms with Crippen LogP contribution in [0.4, 0.5) is 5.95 Å². The Balaban J connectivity index is 1.47. The smallest absolute Gasteiger partial charge is 0.235 e. The summed E-state index contributed by atoms with van der Waals surface area (Å²) in [7, 11) is 0. The molecule has 3 rings (SSSR count). The van der Waals surface area contributed by atoms with Crippen molar-refractivity contribution >= 4 is 23.6 Å². The van der Waals surface area contributed by atoms with E-state index >= 15 is 0 Å². The van der Waals surface area contributed by atoms with E-state index in [-0.39, 0.29) is 11.2 Å². The first kappa shape index (κ1) is 15.9. The van der Waals surface area contributed by atoms with Crippen molar-refractivity contribution in [3.05, 3.63) is 42.6 Å². The molecule has 0 radical (unpaired) electrons. The van der Waals surface area contributed by atoms with Gasteiger partial charge in [-0.05, 0) is 25.1 Å². The van der Waals surface area contributed by atoms with Crippen LogP contribution in [0.1, 0.15) is 12.7 Å². The van der Waals surface area contributed by atoms with Gasteiger partial charge in [-0.15, -0.1) is 11.8 Å². The molecule has 1 atom stereocenters. The van der Waals surface area contributed by atoms with E-state index in [9.17, 15) is 4.79 Å². The van der Waals surface area contributed by atoms with Gasteiger partial charge in [-0.25, -0.2) is 9.97 Å². The Morgan fingerprint density at radius 3 is 2.65 bits per heavy atom. The second kappa shape index (κ2) is 7.50. The molecule has 122 valence electrons. The molecule has 7 heteroatoms. The minimum atomic E-state index is -0.0698. The van der Waals surface area contributed by atoms with Gasteiger partial charge in [-0.2, -0.15) is 0 Å². The van der Waals surface area contributed by atoms with Crippen LogP contribution in [-0.2, 0) is 10.5 Å². The molecule has 0 bridgehead atoms. The van der Waals surface area contributed by atoms with Gasteiger partial charge < -0.3 is 14.2 Å². The van der Waals surface area contributed by atoms with Crippen molar-refractivity contribution in [1.82, 2.24) is 14.9 Å². The second-order valence-electron chi connectivity index (χ2n) is 5.39. The largest absolute Gasteiger partial charge is 0.468 e. The van der Waals surface area contributed by atoms with Crippen molar-refractivity contribution in [1.29, 1.82) is 0 Å². The lowest BCUT2D eigenvalue weighted by molar-refractivity contribution is -0.130. The molecule has 0 N–H and O–H groups in total. The number of furan rings is 1. The Hall–Kier alpha value is -2.02. The molecule has 1 aliphatic heterocycles. The maximum atomic E-state index is 12.5. The van der Waals surface area contributed by atoms with E-state index < -0.39 is 0 Å². The maximum absolute atomic E-state index is 12.5. The molecule has 2 aromatic rings. The molecule has 0 spiro atoms. The zero-order valence-electron chi connectivity index (χ0n) is 13.1. The van der Waals surface area contributed by atoms with E-state index in [4.69, 9.17) is 4.42 Å². The topological polar surface area (TPSA) is 62.5 Å². The third-order valence-corrected chi connectivity index (χ3v) is 4.98. The standard InChI is InChI=1S/C16H20N4O2S/c1-13(23-12-14-4-2-11-22-14)15(21)19-7-9-20(10-8-19)16-17-5-3-6-18-16/h2-6,11,13H,7-10,12H2,1H3/t13-/m0/s1. The minimum absolute atomic E-state index is 0.0698. The van der Waals surface area contributed by atoms with E-state index in [0.29, 0.717) is 13.1 Å². The Morgan fingerprint density at radius 2 is 2.00 bits per heavy atom. The van der Waals surface area contributed by atoms with Crippen molar-refractivity contribution in [2.75, 3.05) is 31.1 Å². The maximum Gasteiger partial charge on any atom is 0.235 e. The monoisotopic (exact) mass is 332 g/mol. The SMILES string of the molecule is C[C@H](SCc1ccco1)C(=O)N1CCN(c2ncccn2)CC1. The lowest BCUT2D eigenvalue weighted by Crippen LogP contribution is -2.51. The van der Waals surface area contributed by atoms with E-state index in [1.54, 1.807) is 36.5 Å². The van der Waals surface area contributed by atoms with Gasteiger partial charge in [0.25, 0.3) is 0 Å². The number of aromatic nitrogens is 2. The Labute approximate surface area is 139 Å². The summed E-state index contributed by atoms with van der Waals surface area (Å²) in [5.41, 5.74) is 0. The summed E-state index contributed by atoms with van der Waals surface area (Å²) >= 11 is 1.61. The molecule has 6 nitrogen and oxygen atoms in total. The van der Waals surface area contributed by atoms with E-state index in [1.165, 1.54) is 0 Å². The molecular formula is C16H20N4O2S. The summed E-state index contributed by atoms with van der Waals surface area (Å²) in [6, 6.07) is 5.61. The predicted octanol–water partition coefficient (Wildman–Crippen LogP) is 2.04. The molecule has 1 aliphatic rings. The van der Waals surface area contributed by atoms with Crippen molar-refractivity contribution in [3.63, 3.8) is 0 Å². The number of anilines is 1. The molecule has 1 fully saturated rings. The average Bonchev–Trinajstić information content (AvgIpc) is 3.13. The molecule has 0 aromatic carbocycles. The van der Waals surface area contributed by atoms with Crippen molar-refractivity contribution in [2.45, 2.75) is 17.9 Å². The van der Waals surface area contributed by atoms with Gasteiger partial charge in [0.05, 0.1) is 17.3 Å². The summed E-state index contributed by atoms with van der Waals surface area (Å²) in [6.45, 7) is 4.92. The van der Waals surface area contributed by atoms with Gasteiger partial charge in [0.1, 0.15) is 5.76 Å². The number of carbonyl (C=O) groups is 1. The van der Waals surface area contributed by atoms with E-state index in [1.807, 2.05) is 24.0 Å². The highest BCUT2D eigenvalue weighted by Crippen LogP contribution is 2.20. The molecular weight excluding hydrogens is 312 g/mol. The van der Waals surface area contributed by atoms with Gasteiger partial charge in [0.2, 0.25) is 11.9 Å². The lowest BCUT2D eigenvalue weighted by Gasteiger charge is -2.35. The van der Waals surface area contributed by atoms with Crippen LogP contribution in [0, 0.1) is 0 Å². The molecule has 3 heterocycles. The summed E-state index contributed by atoms with van der Waals surface area (Å²) in [5.74, 6) is 2.55. The molecule has 0 unspecified atom stereocenters. The molecule has 1 saturated heterocycles. The Kier molecular flexibility index (Phi) is 5.17. The number of hydrogen-bond acceptors (Lipinski definition) is 6. The van der Waals surface area contributed by atoms with Gasteiger partial charge in [0.15, 0.2) is 0 Å². The fraction of sp³-hybridized carbons (Fsp3) is 0.438. The van der Waals surface area contributed by atoms with Gasteiger partial charge in [0, 0.05) is 38.6 Å². The number of nitrogens with zero attached hydrogens (tertiary/aromatic N) is 4. The number of amides is 1. The van der Waals surface area contributed by atoms with Crippen molar-refractivity contribution in [2.24, 2.45) is 0 Å². The Bertz CT molecular complexity index is 612. The molecule has 23 heavy (non-hydrogen) atoms. The van der Waals surface area contributed by atoms with Crippen LogP contribution in [0.2, 0.25) is 0 Å². The third-order valence-electron chi connectivity index (χ3n) is 3.83. The van der Waals surface area contributed by atoms with Crippen LogP contribution < -0.4 is 4.90 Å². The highest BCUT2D eigenvalue weighted by molar-refractivity contribution is 7.99. The van der Waals surface area contributed by atoms with Crippen molar-refractivity contribution in [3.8, 4) is 0 Å². The lowest BCUT2D eigenvalue weighted by atomic mass is 10.3. The average molecular weight is 332 g/mol. The van der Waals surface area contributed by atoms with Crippen LogP contribution in [0.15, 0.2) is 41.3 Å². The summed E-state index contributed by atoms with van der Waals surface area (Å²) in [6.07, 6.45) is 5.15. The van der Waals surface area contributed by atoms with Crippen LogP contribution in [-0.4, -0.2) is 52.2 Å². The normalized spacial score (nSPS) is 16.4. The first-order chi connectivity index (χ1) is 11.2. The van der Waals surface area contributed by atoms with E-state index in [2.05, 4.69) is 14.9 Å². The molecule has 0 aliphatic carbocycles. The summed E-state index contributed by atoms with van der Waals surface area (Å²) in [4.78, 5) is 25.1. The zero-order chi connectivity index (χ0) is 16.1. The number of rotatable bonds is 5. The van der Waals surface area contributed by atoms with Crippen LogP contribution in [0.25, 0.3) is 0 Å². The Morgan fingerprint density at radius 1 is 1.26 bits per heavy atom. The van der Waals surface area contributed by atoms with E-state index in [0.717, 1.165) is 30.6 Å². The number of thioether (sulfide) groups is 1. The third kappa shape index (κ3) is 4.04. The zero-order valence-corrected chi connectivity index (χ0v) is 13.9. The number of hydrogen-bond donors (Lipinski definition) is 0. The second-order valence-corrected chi connectivity index (χ2v) is 6.72. The van der Waals surface area contributed by atoms with Crippen molar-refractivity contribution < 1.29 is 9.21 Å². The summed E-state index contributed by atoms with van der Waals surface area (Å²) < 4.78 is 5.31. The number of carbonyl (C=O) groups excluding carboxylic acids is 1. The molecule has 0 saturated carbocycles. The van der Waals surface area contributed by atoms with Crippen LogP contribution in [0.3, 0.4) is 0 Å². The van der Waals surface area contributed by atoms with Crippen LogP contribution in [0.5, 0.6) is 0 Å². The van der Waals surface area contributed by atoms with Gasteiger partial charge >= 0.3 is 0 Å². The fourth-order valence-electron chi connectivity index (χ4n) is 2.51. The minimum Gasteiger partial charge on any atom is -0.468 e. The highest BCUT2D eigenvalue weighted by atomic mass is 32.2. The first-order valence-corrected chi connectivity index (χ1v) is 8.73.